The first-order chi connectivity index (χ1) is 14.2. The Morgan fingerprint density at radius 1 is 0.966 bits per heavy atom. The van der Waals surface area contributed by atoms with E-state index < -0.39 is 0 Å². The summed E-state index contributed by atoms with van der Waals surface area (Å²) in [7, 11) is 0. The molecule has 2 saturated heterocycles. The van der Waals surface area contributed by atoms with Crippen LogP contribution in [0.25, 0.3) is 0 Å². The third kappa shape index (κ3) is 4.83. The number of hydrogen-bond donors (Lipinski definition) is 1. The summed E-state index contributed by atoms with van der Waals surface area (Å²) in [4.78, 5) is 29.9. The van der Waals surface area contributed by atoms with Gasteiger partial charge in [0.1, 0.15) is 0 Å². The Hall–Kier alpha value is -2.70. The molecular weight excluding hydrogens is 366 g/mol. The summed E-state index contributed by atoms with van der Waals surface area (Å²) in [5.41, 5.74) is 1.65. The van der Waals surface area contributed by atoms with E-state index in [1.807, 2.05) is 35.2 Å². The largest absolute Gasteiger partial charge is 0.377 e. The number of para-hydroxylation sites is 1. The first-order valence-corrected chi connectivity index (χ1v) is 10.3. The van der Waals surface area contributed by atoms with Crippen LogP contribution in [0.4, 0.5) is 5.69 Å². The van der Waals surface area contributed by atoms with E-state index in [1.165, 1.54) is 0 Å². The van der Waals surface area contributed by atoms with Gasteiger partial charge in [0.2, 0.25) is 0 Å². The fraction of sp³-hybridized carbons (Fsp3) is 0.391. The van der Waals surface area contributed by atoms with Crippen LogP contribution in [0.5, 0.6) is 0 Å². The normalized spacial score (nSPS) is 19.9. The molecule has 2 aliphatic rings. The number of amides is 2. The highest BCUT2D eigenvalue weighted by atomic mass is 16.5. The van der Waals surface area contributed by atoms with Crippen LogP contribution in [0.1, 0.15) is 33.6 Å². The van der Waals surface area contributed by atoms with E-state index in [-0.39, 0.29) is 11.8 Å². The second kappa shape index (κ2) is 9.20. The van der Waals surface area contributed by atoms with E-state index in [4.69, 9.17) is 4.74 Å². The Bertz CT molecular complexity index is 841. The zero-order valence-corrected chi connectivity index (χ0v) is 16.5. The molecule has 6 nitrogen and oxygen atoms in total. The minimum atomic E-state index is -0.216. The number of rotatable bonds is 5. The number of nitrogens with one attached hydrogen (secondary N) is 1. The number of carbonyl (C=O) groups is 2. The fourth-order valence-electron chi connectivity index (χ4n) is 3.94. The topological polar surface area (TPSA) is 61.9 Å². The molecule has 1 unspecified atom stereocenters. The molecule has 0 saturated carbocycles. The van der Waals surface area contributed by atoms with Gasteiger partial charge in [-0.1, -0.05) is 30.3 Å². The molecule has 2 aromatic rings. The van der Waals surface area contributed by atoms with Crippen LogP contribution in [0, 0.1) is 0 Å². The Kier molecular flexibility index (Phi) is 6.22. The average Bonchev–Trinajstić information content (AvgIpc) is 3.28. The molecule has 1 N–H and O–H groups in total. The van der Waals surface area contributed by atoms with Gasteiger partial charge in [0.25, 0.3) is 11.8 Å². The van der Waals surface area contributed by atoms with Crippen molar-refractivity contribution >= 4 is 17.5 Å². The van der Waals surface area contributed by atoms with Gasteiger partial charge in [-0.25, -0.2) is 0 Å². The molecule has 0 radical (unpaired) electrons. The second-order valence-electron chi connectivity index (χ2n) is 7.59. The average molecular weight is 393 g/mol. The number of carbonyl (C=O) groups excluding carboxylic acids is 2. The van der Waals surface area contributed by atoms with Crippen LogP contribution in [0.3, 0.4) is 0 Å². The highest BCUT2D eigenvalue weighted by Crippen LogP contribution is 2.20. The van der Waals surface area contributed by atoms with Crippen molar-refractivity contribution in [1.82, 2.24) is 9.80 Å². The number of hydrogen-bond acceptors (Lipinski definition) is 4. The van der Waals surface area contributed by atoms with Gasteiger partial charge >= 0.3 is 0 Å². The lowest BCUT2D eigenvalue weighted by molar-refractivity contribution is 0.0433. The third-order valence-corrected chi connectivity index (χ3v) is 5.59. The molecule has 0 aliphatic carbocycles. The van der Waals surface area contributed by atoms with Crippen molar-refractivity contribution in [3.8, 4) is 0 Å². The minimum absolute atomic E-state index is 0.0364. The van der Waals surface area contributed by atoms with Gasteiger partial charge in [0.05, 0.1) is 17.4 Å². The number of ether oxygens (including phenoxy) is 1. The number of nitrogens with zero attached hydrogens (tertiary/aromatic N) is 2. The lowest BCUT2D eigenvalue weighted by Crippen LogP contribution is -2.50. The summed E-state index contributed by atoms with van der Waals surface area (Å²) < 4.78 is 5.73. The molecule has 2 aliphatic heterocycles. The summed E-state index contributed by atoms with van der Waals surface area (Å²) >= 11 is 0. The van der Waals surface area contributed by atoms with Crippen molar-refractivity contribution in [3.05, 3.63) is 65.7 Å². The third-order valence-electron chi connectivity index (χ3n) is 5.59. The zero-order valence-electron chi connectivity index (χ0n) is 16.5. The molecular formula is C23H27N3O3. The summed E-state index contributed by atoms with van der Waals surface area (Å²) in [5, 5.41) is 2.89. The van der Waals surface area contributed by atoms with Crippen molar-refractivity contribution in [1.29, 1.82) is 0 Å². The van der Waals surface area contributed by atoms with Crippen LogP contribution in [-0.4, -0.2) is 67.0 Å². The van der Waals surface area contributed by atoms with Gasteiger partial charge in [-0.2, -0.15) is 0 Å². The number of piperazine rings is 1. The van der Waals surface area contributed by atoms with E-state index in [9.17, 15) is 9.59 Å². The summed E-state index contributed by atoms with van der Waals surface area (Å²) in [6.45, 7) is 4.90. The minimum Gasteiger partial charge on any atom is -0.377 e. The molecule has 0 bridgehead atoms. The SMILES string of the molecule is O=C(Nc1ccccc1C(=O)N1CCN(CC2CCCO2)CC1)c1ccccc1. The van der Waals surface area contributed by atoms with Crippen LogP contribution >= 0.6 is 0 Å². The maximum absolute atomic E-state index is 13.1. The Morgan fingerprint density at radius 2 is 1.69 bits per heavy atom. The highest BCUT2D eigenvalue weighted by molar-refractivity contribution is 6.09. The second-order valence-corrected chi connectivity index (χ2v) is 7.59. The van der Waals surface area contributed by atoms with Crippen molar-refractivity contribution in [2.45, 2.75) is 18.9 Å². The van der Waals surface area contributed by atoms with Gasteiger partial charge < -0.3 is 15.0 Å². The van der Waals surface area contributed by atoms with E-state index in [1.54, 1.807) is 24.3 Å². The zero-order chi connectivity index (χ0) is 20.1. The molecule has 0 aromatic heterocycles. The van der Waals surface area contributed by atoms with Crippen molar-refractivity contribution < 1.29 is 14.3 Å². The highest BCUT2D eigenvalue weighted by Gasteiger charge is 2.26. The van der Waals surface area contributed by atoms with Gasteiger partial charge in [0, 0.05) is 44.9 Å². The predicted molar refractivity (Wildman–Crippen MR) is 112 cm³/mol. The van der Waals surface area contributed by atoms with E-state index >= 15 is 0 Å². The molecule has 2 fully saturated rings. The van der Waals surface area contributed by atoms with Gasteiger partial charge in [0.15, 0.2) is 0 Å². The maximum Gasteiger partial charge on any atom is 0.256 e. The monoisotopic (exact) mass is 393 g/mol. The molecule has 1 atom stereocenters. The van der Waals surface area contributed by atoms with Crippen LogP contribution < -0.4 is 5.32 Å². The standard InChI is InChI=1S/C23H27N3O3/c27-22(18-7-2-1-3-8-18)24-21-11-5-4-10-20(21)23(28)26-14-12-25(13-15-26)17-19-9-6-16-29-19/h1-5,7-8,10-11,19H,6,9,12-17H2,(H,24,27). The van der Waals surface area contributed by atoms with Crippen molar-refractivity contribution in [2.24, 2.45) is 0 Å². The molecule has 152 valence electrons. The summed E-state index contributed by atoms with van der Waals surface area (Å²) in [5.74, 6) is -0.252. The van der Waals surface area contributed by atoms with Crippen molar-refractivity contribution in [2.75, 3.05) is 44.6 Å². The van der Waals surface area contributed by atoms with E-state index in [2.05, 4.69) is 10.2 Å². The van der Waals surface area contributed by atoms with Gasteiger partial charge in [-0.15, -0.1) is 0 Å². The molecule has 6 heteroatoms. The molecule has 2 amide bonds. The molecule has 2 heterocycles. The summed E-state index contributed by atoms with van der Waals surface area (Å²) in [6.07, 6.45) is 2.62. The maximum atomic E-state index is 13.1. The first-order valence-electron chi connectivity index (χ1n) is 10.3. The van der Waals surface area contributed by atoms with Crippen molar-refractivity contribution in [3.63, 3.8) is 0 Å². The number of benzene rings is 2. The molecule has 0 spiro atoms. The quantitative estimate of drug-likeness (QED) is 0.849. The van der Waals surface area contributed by atoms with Gasteiger partial charge in [-0.05, 0) is 37.1 Å². The number of anilines is 1. The van der Waals surface area contributed by atoms with Crippen LogP contribution in [0.15, 0.2) is 54.6 Å². The van der Waals surface area contributed by atoms with E-state index in [0.29, 0.717) is 36.0 Å². The van der Waals surface area contributed by atoms with Crippen LogP contribution in [0.2, 0.25) is 0 Å². The van der Waals surface area contributed by atoms with Crippen LogP contribution in [-0.2, 0) is 4.74 Å². The Morgan fingerprint density at radius 3 is 2.41 bits per heavy atom. The fourth-order valence-corrected chi connectivity index (χ4v) is 3.94. The Labute approximate surface area is 171 Å². The molecule has 4 rings (SSSR count). The molecule has 29 heavy (non-hydrogen) atoms. The lowest BCUT2D eigenvalue weighted by Gasteiger charge is -2.36. The first kappa shape index (κ1) is 19.6. The smallest absolute Gasteiger partial charge is 0.256 e. The lowest BCUT2D eigenvalue weighted by atomic mass is 10.1. The van der Waals surface area contributed by atoms with Gasteiger partial charge in [-0.3, -0.25) is 14.5 Å². The summed E-state index contributed by atoms with van der Waals surface area (Å²) in [6, 6.07) is 16.2. The Balaban J connectivity index is 1.38. The van der Waals surface area contributed by atoms with E-state index in [0.717, 1.165) is 39.1 Å². The molecule has 2 aromatic carbocycles. The predicted octanol–water partition coefficient (Wildman–Crippen LogP) is 2.88.